The van der Waals surface area contributed by atoms with Crippen LogP contribution in [0.4, 0.5) is 10.8 Å². The molecule has 0 aliphatic rings. The van der Waals surface area contributed by atoms with Gasteiger partial charge in [0.25, 0.3) is 0 Å². The predicted octanol–water partition coefficient (Wildman–Crippen LogP) is 1.68. The fourth-order valence-electron chi connectivity index (χ4n) is 1.09. The highest BCUT2D eigenvalue weighted by Crippen LogP contribution is 2.27. The van der Waals surface area contributed by atoms with Crippen LogP contribution in [-0.2, 0) is 4.74 Å². The van der Waals surface area contributed by atoms with Crippen molar-refractivity contribution in [2.75, 3.05) is 36.2 Å². The minimum absolute atomic E-state index is 0.232. The smallest absolute Gasteiger partial charge is 0.344 e. The number of carbonyl (C=O) groups excluding carboxylic acids is 1. The van der Waals surface area contributed by atoms with Crippen LogP contribution < -0.4 is 11.1 Å². The van der Waals surface area contributed by atoms with Crippen LogP contribution in [0.1, 0.15) is 17.3 Å². The molecule has 0 spiro atoms. The molecule has 0 atom stereocenters. The molecular weight excluding hydrogens is 246 g/mol. The first kappa shape index (κ1) is 13.1. The number of nitrogens with two attached hydrogens (primary N) is 1. The van der Waals surface area contributed by atoms with Gasteiger partial charge in [0.2, 0.25) is 0 Å². The molecule has 1 rings (SSSR count). The maximum atomic E-state index is 11.6. The summed E-state index contributed by atoms with van der Waals surface area (Å²) in [5.74, 6) is 0.774. The van der Waals surface area contributed by atoms with Crippen molar-refractivity contribution in [1.29, 1.82) is 0 Å². The van der Waals surface area contributed by atoms with Gasteiger partial charge in [0.1, 0.15) is 10.6 Å². The third-order valence-corrected chi connectivity index (χ3v) is 3.22. The highest BCUT2D eigenvalue weighted by molar-refractivity contribution is 7.98. The molecule has 0 aromatic carbocycles. The standard InChI is InChI=1S/C9H15N3O2S2/c1-3-14-9(13)6-7(10)12-16-8(6)11-4-5-15-2/h11H,3-5H2,1-2H3,(H2,10,12). The van der Waals surface area contributed by atoms with Crippen molar-refractivity contribution >= 4 is 40.1 Å². The van der Waals surface area contributed by atoms with E-state index < -0.39 is 5.97 Å². The van der Waals surface area contributed by atoms with E-state index in [2.05, 4.69) is 9.69 Å². The number of nitrogens with one attached hydrogen (secondary N) is 1. The number of ether oxygens (including phenoxy) is 1. The molecule has 90 valence electrons. The molecule has 1 aromatic rings. The third kappa shape index (κ3) is 3.28. The van der Waals surface area contributed by atoms with Crippen molar-refractivity contribution in [2.24, 2.45) is 0 Å². The van der Waals surface area contributed by atoms with Crippen LogP contribution in [0.2, 0.25) is 0 Å². The average molecular weight is 261 g/mol. The van der Waals surface area contributed by atoms with Gasteiger partial charge in [-0.1, -0.05) is 0 Å². The van der Waals surface area contributed by atoms with E-state index in [1.165, 1.54) is 11.5 Å². The van der Waals surface area contributed by atoms with Crippen molar-refractivity contribution in [3.8, 4) is 0 Å². The van der Waals surface area contributed by atoms with Gasteiger partial charge in [0.05, 0.1) is 6.61 Å². The van der Waals surface area contributed by atoms with Crippen LogP contribution in [0.3, 0.4) is 0 Å². The Morgan fingerprint density at radius 2 is 2.44 bits per heavy atom. The fourth-order valence-corrected chi connectivity index (χ4v) is 2.12. The Balaban J connectivity index is 2.73. The van der Waals surface area contributed by atoms with E-state index in [4.69, 9.17) is 10.5 Å². The molecule has 5 nitrogen and oxygen atoms in total. The van der Waals surface area contributed by atoms with Crippen molar-refractivity contribution < 1.29 is 9.53 Å². The zero-order valence-corrected chi connectivity index (χ0v) is 10.9. The van der Waals surface area contributed by atoms with Gasteiger partial charge in [-0.2, -0.15) is 16.1 Å². The Bertz CT molecular complexity index is 355. The Hall–Kier alpha value is -0.950. The number of esters is 1. The van der Waals surface area contributed by atoms with Gasteiger partial charge in [-0.25, -0.2) is 4.79 Å². The lowest BCUT2D eigenvalue weighted by Gasteiger charge is -2.05. The third-order valence-electron chi connectivity index (χ3n) is 1.79. The maximum absolute atomic E-state index is 11.6. The molecule has 16 heavy (non-hydrogen) atoms. The second-order valence-corrected chi connectivity index (χ2v) is 4.67. The van der Waals surface area contributed by atoms with Gasteiger partial charge in [0, 0.05) is 12.3 Å². The molecule has 1 heterocycles. The largest absolute Gasteiger partial charge is 0.462 e. The molecule has 0 aliphatic carbocycles. The van der Waals surface area contributed by atoms with E-state index in [1.807, 2.05) is 6.26 Å². The first-order chi connectivity index (χ1) is 7.70. The molecule has 0 bridgehead atoms. The summed E-state index contributed by atoms with van der Waals surface area (Å²) in [5.41, 5.74) is 5.98. The Kier molecular flexibility index (Phi) is 5.41. The summed E-state index contributed by atoms with van der Waals surface area (Å²) in [6, 6.07) is 0. The summed E-state index contributed by atoms with van der Waals surface area (Å²) in [6.45, 7) is 2.86. The van der Waals surface area contributed by atoms with E-state index in [0.717, 1.165) is 12.3 Å². The number of anilines is 2. The van der Waals surface area contributed by atoms with Gasteiger partial charge in [0.15, 0.2) is 5.82 Å². The van der Waals surface area contributed by atoms with Gasteiger partial charge in [-0.05, 0) is 24.7 Å². The topological polar surface area (TPSA) is 77.2 Å². The molecule has 0 unspecified atom stereocenters. The molecule has 0 amide bonds. The molecule has 0 aliphatic heterocycles. The van der Waals surface area contributed by atoms with Crippen molar-refractivity contribution in [1.82, 2.24) is 4.37 Å². The van der Waals surface area contributed by atoms with E-state index >= 15 is 0 Å². The Morgan fingerprint density at radius 3 is 3.06 bits per heavy atom. The van der Waals surface area contributed by atoms with Gasteiger partial charge < -0.3 is 15.8 Å². The number of nitrogens with zero attached hydrogens (tertiary/aromatic N) is 1. The lowest BCUT2D eigenvalue weighted by molar-refractivity contribution is 0.0529. The van der Waals surface area contributed by atoms with E-state index in [1.54, 1.807) is 18.7 Å². The predicted molar refractivity (Wildman–Crippen MR) is 69.4 cm³/mol. The second-order valence-electron chi connectivity index (χ2n) is 2.91. The quantitative estimate of drug-likeness (QED) is 0.599. The van der Waals surface area contributed by atoms with Crippen molar-refractivity contribution in [2.45, 2.75) is 6.92 Å². The first-order valence-corrected chi connectivity index (χ1v) is 7.02. The number of carbonyl (C=O) groups is 1. The zero-order chi connectivity index (χ0) is 12.0. The number of rotatable bonds is 6. The molecular formula is C9H15N3O2S2. The van der Waals surface area contributed by atoms with Crippen LogP contribution >= 0.6 is 23.3 Å². The van der Waals surface area contributed by atoms with Crippen LogP contribution in [-0.4, -0.2) is 35.5 Å². The SMILES string of the molecule is CCOC(=O)c1c(N)nsc1NCCSC. The monoisotopic (exact) mass is 261 g/mol. The molecule has 0 radical (unpaired) electrons. The minimum Gasteiger partial charge on any atom is -0.462 e. The highest BCUT2D eigenvalue weighted by atomic mass is 32.2. The molecule has 0 saturated heterocycles. The lowest BCUT2D eigenvalue weighted by atomic mass is 10.3. The fraction of sp³-hybridized carbons (Fsp3) is 0.556. The Morgan fingerprint density at radius 1 is 1.69 bits per heavy atom. The number of hydrogen-bond acceptors (Lipinski definition) is 7. The molecule has 0 saturated carbocycles. The van der Waals surface area contributed by atoms with Crippen LogP contribution in [0.15, 0.2) is 0 Å². The minimum atomic E-state index is -0.416. The van der Waals surface area contributed by atoms with E-state index in [0.29, 0.717) is 17.2 Å². The van der Waals surface area contributed by atoms with Gasteiger partial charge in [-0.15, -0.1) is 0 Å². The highest BCUT2D eigenvalue weighted by Gasteiger charge is 2.19. The lowest BCUT2D eigenvalue weighted by Crippen LogP contribution is -2.11. The van der Waals surface area contributed by atoms with Crippen LogP contribution in [0.25, 0.3) is 0 Å². The van der Waals surface area contributed by atoms with Crippen molar-refractivity contribution in [3.63, 3.8) is 0 Å². The maximum Gasteiger partial charge on any atom is 0.344 e. The average Bonchev–Trinajstić information content (AvgIpc) is 2.61. The molecule has 1 aromatic heterocycles. The van der Waals surface area contributed by atoms with E-state index in [9.17, 15) is 4.79 Å². The zero-order valence-electron chi connectivity index (χ0n) is 9.28. The molecule has 7 heteroatoms. The van der Waals surface area contributed by atoms with Gasteiger partial charge in [-0.3, -0.25) is 0 Å². The summed E-state index contributed by atoms with van der Waals surface area (Å²) in [6.07, 6.45) is 2.02. The second kappa shape index (κ2) is 6.59. The van der Waals surface area contributed by atoms with Crippen LogP contribution in [0.5, 0.6) is 0 Å². The molecule has 0 fully saturated rings. The van der Waals surface area contributed by atoms with Crippen LogP contribution in [0, 0.1) is 0 Å². The van der Waals surface area contributed by atoms with E-state index in [-0.39, 0.29) is 5.82 Å². The number of thioether (sulfide) groups is 1. The number of aromatic nitrogens is 1. The van der Waals surface area contributed by atoms with Gasteiger partial charge >= 0.3 is 5.97 Å². The normalized spacial score (nSPS) is 10.1. The molecule has 3 N–H and O–H groups in total. The first-order valence-electron chi connectivity index (χ1n) is 4.85. The number of hydrogen-bond donors (Lipinski definition) is 2. The summed E-state index contributed by atoms with van der Waals surface area (Å²) >= 11 is 2.91. The van der Waals surface area contributed by atoms with Crippen molar-refractivity contribution in [3.05, 3.63) is 5.56 Å². The Labute approximate surface area is 103 Å². The summed E-state index contributed by atoms with van der Waals surface area (Å²) < 4.78 is 8.86. The summed E-state index contributed by atoms with van der Waals surface area (Å²) in [7, 11) is 0. The summed E-state index contributed by atoms with van der Waals surface area (Å²) in [5, 5.41) is 3.81. The number of nitrogen functional groups attached to an aromatic ring is 1. The summed E-state index contributed by atoms with van der Waals surface area (Å²) in [4.78, 5) is 11.6.